The molecular weight excluding hydrogens is 330 g/mol. The molecule has 0 radical (unpaired) electrons. The maximum atomic E-state index is 11.5. The average molecular weight is 346 g/mol. The van der Waals surface area contributed by atoms with Gasteiger partial charge < -0.3 is 19.9 Å². The predicted octanol–water partition coefficient (Wildman–Crippen LogP) is 1.59. The summed E-state index contributed by atoms with van der Waals surface area (Å²) in [7, 11) is 2.55. The lowest BCUT2D eigenvalue weighted by Crippen LogP contribution is -2.34. The molecule has 0 amide bonds. The predicted molar refractivity (Wildman–Crippen MR) is 75.5 cm³/mol. The van der Waals surface area contributed by atoms with Gasteiger partial charge in [0.25, 0.3) is 0 Å². The SMILES string of the molecule is COC(=O)c1cc(CN[C@@H](C)C(=O)OC)c(Br)cc1O. The van der Waals surface area contributed by atoms with E-state index in [1.165, 1.54) is 26.4 Å². The fourth-order valence-corrected chi connectivity index (χ4v) is 2.01. The molecule has 0 aromatic heterocycles. The highest BCUT2D eigenvalue weighted by Gasteiger charge is 2.17. The van der Waals surface area contributed by atoms with E-state index in [1.807, 2.05) is 0 Å². The van der Waals surface area contributed by atoms with Gasteiger partial charge in [-0.15, -0.1) is 0 Å². The number of carbonyl (C=O) groups excluding carboxylic acids is 2. The van der Waals surface area contributed by atoms with Crippen LogP contribution in [0.5, 0.6) is 5.75 Å². The molecule has 1 aromatic carbocycles. The Morgan fingerprint density at radius 2 is 2.00 bits per heavy atom. The Morgan fingerprint density at radius 3 is 2.55 bits per heavy atom. The van der Waals surface area contributed by atoms with Crippen LogP contribution in [-0.4, -0.2) is 37.3 Å². The van der Waals surface area contributed by atoms with Gasteiger partial charge >= 0.3 is 11.9 Å². The van der Waals surface area contributed by atoms with Gasteiger partial charge in [0, 0.05) is 11.0 Å². The van der Waals surface area contributed by atoms with Crippen LogP contribution >= 0.6 is 15.9 Å². The Morgan fingerprint density at radius 1 is 1.35 bits per heavy atom. The number of benzene rings is 1. The normalized spacial score (nSPS) is 11.8. The van der Waals surface area contributed by atoms with E-state index in [-0.39, 0.29) is 17.3 Å². The Balaban J connectivity index is 2.90. The van der Waals surface area contributed by atoms with Crippen LogP contribution in [0.4, 0.5) is 0 Å². The van der Waals surface area contributed by atoms with Crippen LogP contribution in [0.3, 0.4) is 0 Å². The van der Waals surface area contributed by atoms with E-state index in [0.29, 0.717) is 16.6 Å². The summed E-state index contributed by atoms with van der Waals surface area (Å²) in [6, 6.07) is 2.43. The van der Waals surface area contributed by atoms with Crippen LogP contribution in [0.1, 0.15) is 22.8 Å². The van der Waals surface area contributed by atoms with E-state index in [9.17, 15) is 14.7 Å². The number of carbonyl (C=O) groups is 2. The highest BCUT2D eigenvalue weighted by atomic mass is 79.9. The third kappa shape index (κ3) is 3.94. The summed E-state index contributed by atoms with van der Waals surface area (Å²) in [4.78, 5) is 22.8. The number of aromatic hydroxyl groups is 1. The van der Waals surface area contributed by atoms with E-state index in [1.54, 1.807) is 6.92 Å². The molecule has 20 heavy (non-hydrogen) atoms. The molecule has 7 heteroatoms. The van der Waals surface area contributed by atoms with Crippen molar-refractivity contribution in [3.8, 4) is 5.75 Å². The zero-order valence-corrected chi connectivity index (χ0v) is 13.0. The van der Waals surface area contributed by atoms with Gasteiger partial charge in [0.2, 0.25) is 0 Å². The average Bonchev–Trinajstić information content (AvgIpc) is 2.44. The van der Waals surface area contributed by atoms with Crippen molar-refractivity contribution < 1.29 is 24.2 Å². The summed E-state index contributed by atoms with van der Waals surface area (Å²) in [6.07, 6.45) is 0. The molecule has 0 heterocycles. The molecular formula is C13H16BrNO5. The highest BCUT2D eigenvalue weighted by molar-refractivity contribution is 9.10. The lowest BCUT2D eigenvalue weighted by molar-refractivity contribution is -0.142. The zero-order valence-electron chi connectivity index (χ0n) is 11.4. The van der Waals surface area contributed by atoms with Crippen molar-refractivity contribution in [1.29, 1.82) is 0 Å². The van der Waals surface area contributed by atoms with Gasteiger partial charge in [0.15, 0.2) is 0 Å². The first-order valence-corrected chi connectivity index (χ1v) is 6.61. The molecule has 0 saturated carbocycles. The number of nitrogens with one attached hydrogen (secondary N) is 1. The second-order valence-corrected chi connectivity index (χ2v) is 4.93. The lowest BCUT2D eigenvalue weighted by Gasteiger charge is -2.13. The number of ether oxygens (including phenoxy) is 2. The van der Waals surface area contributed by atoms with Gasteiger partial charge in [-0.3, -0.25) is 4.79 Å². The topological polar surface area (TPSA) is 84.9 Å². The van der Waals surface area contributed by atoms with Gasteiger partial charge in [-0.05, 0) is 24.6 Å². The second-order valence-electron chi connectivity index (χ2n) is 4.08. The van der Waals surface area contributed by atoms with Crippen LogP contribution in [0.25, 0.3) is 0 Å². The maximum Gasteiger partial charge on any atom is 0.341 e. The van der Waals surface area contributed by atoms with E-state index in [0.717, 1.165) is 0 Å². The van der Waals surface area contributed by atoms with Crippen molar-refractivity contribution in [2.45, 2.75) is 19.5 Å². The maximum absolute atomic E-state index is 11.5. The van der Waals surface area contributed by atoms with Crippen molar-refractivity contribution in [3.63, 3.8) is 0 Å². The zero-order chi connectivity index (χ0) is 15.3. The molecule has 0 fully saturated rings. The van der Waals surface area contributed by atoms with Crippen LogP contribution in [0.15, 0.2) is 16.6 Å². The van der Waals surface area contributed by atoms with Crippen LogP contribution in [-0.2, 0) is 20.8 Å². The minimum absolute atomic E-state index is 0.0678. The fourth-order valence-electron chi connectivity index (χ4n) is 1.54. The quantitative estimate of drug-likeness (QED) is 0.788. The molecule has 1 atom stereocenters. The Bertz CT molecular complexity index is 518. The largest absolute Gasteiger partial charge is 0.507 e. The van der Waals surface area contributed by atoms with Crippen molar-refractivity contribution in [1.82, 2.24) is 5.32 Å². The van der Waals surface area contributed by atoms with E-state index in [4.69, 9.17) is 0 Å². The van der Waals surface area contributed by atoms with E-state index >= 15 is 0 Å². The molecule has 110 valence electrons. The third-order valence-electron chi connectivity index (χ3n) is 2.72. The number of phenolic OH excluding ortho intramolecular Hbond substituents is 1. The molecule has 2 N–H and O–H groups in total. The standard InChI is InChI=1S/C13H16BrNO5/c1-7(12(17)19-2)15-6-8-4-9(13(18)20-3)11(16)5-10(8)14/h4-5,7,15-16H,6H2,1-3H3/t7-/m0/s1. The van der Waals surface area contributed by atoms with E-state index < -0.39 is 12.0 Å². The summed E-state index contributed by atoms with van der Waals surface area (Å²) < 4.78 is 9.80. The second kappa shape index (κ2) is 7.25. The van der Waals surface area contributed by atoms with Crippen LogP contribution in [0.2, 0.25) is 0 Å². The first-order chi connectivity index (χ1) is 9.40. The monoisotopic (exact) mass is 345 g/mol. The van der Waals surface area contributed by atoms with E-state index in [2.05, 4.69) is 30.7 Å². The van der Waals surface area contributed by atoms with Gasteiger partial charge in [-0.2, -0.15) is 0 Å². The Kier molecular flexibility index (Phi) is 5.97. The Hall–Kier alpha value is -1.60. The molecule has 0 bridgehead atoms. The molecule has 0 aliphatic heterocycles. The number of esters is 2. The van der Waals surface area contributed by atoms with Crippen molar-refractivity contribution >= 4 is 27.9 Å². The lowest BCUT2D eigenvalue weighted by atomic mass is 10.1. The van der Waals surface area contributed by atoms with Crippen molar-refractivity contribution in [2.75, 3.05) is 14.2 Å². The minimum atomic E-state index is -0.628. The van der Waals surface area contributed by atoms with Gasteiger partial charge in [-0.25, -0.2) is 4.79 Å². The van der Waals surface area contributed by atoms with Gasteiger partial charge in [0.1, 0.15) is 17.4 Å². The number of hydrogen-bond acceptors (Lipinski definition) is 6. The summed E-state index contributed by atoms with van der Waals surface area (Å²) in [5.41, 5.74) is 0.775. The minimum Gasteiger partial charge on any atom is -0.507 e. The molecule has 0 aliphatic rings. The fraction of sp³-hybridized carbons (Fsp3) is 0.385. The summed E-state index contributed by atoms with van der Waals surface area (Å²) in [6.45, 7) is 1.99. The highest BCUT2D eigenvalue weighted by Crippen LogP contribution is 2.27. The molecule has 0 spiro atoms. The van der Waals surface area contributed by atoms with Crippen LogP contribution in [0, 0.1) is 0 Å². The number of hydrogen-bond donors (Lipinski definition) is 2. The van der Waals surface area contributed by atoms with Crippen LogP contribution < -0.4 is 5.32 Å². The molecule has 6 nitrogen and oxygen atoms in total. The number of methoxy groups -OCH3 is 2. The molecule has 0 unspecified atom stereocenters. The summed E-state index contributed by atoms with van der Waals surface area (Å²) >= 11 is 3.29. The molecule has 1 rings (SSSR count). The number of phenols is 1. The molecule has 1 aromatic rings. The first-order valence-electron chi connectivity index (χ1n) is 5.81. The number of rotatable bonds is 5. The summed E-state index contributed by atoms with van der Waals surface area (Å²) in [5, 5.41) is 12.7. The number of halogens is 1. The van der Waals surface area contributed by atoms with Crippen molar-refractivity contribution in [3.05, 3.63) is 27.7 Å². The first kappa shape index (κ1) is 16.5. The van der Waals surface area contributed by atoms with Gasteiger partial charge in [0.05, 0.1) is 14.2 Å². The summed E-state index contributed by atoms with van der Waals surface area (Å²) in [5.74, 6) is -1.18. The van der Waals surface area contributed by atoms with Crippen molar-refractivity contribution in [2.24, 2.45) is 0 Å². The Labute approximate surface area is 125 Å². The smallest absolute Gasteiger partial charge is 0.341 e. The molecule has 0 aliphatic carbocycles. The third-order valence-corrected chi connectivity index (χ3v) is 3.46. The van der Waals surface area contributed by atoms with Gasteiger partial charge in [-0.1, -0.05) is 15.9 Å². The molecule has 0 saturated heterocycles.